The van der Waals surface area contributed by atoms with Crippen molar-refractivity contribution in [3.63, 3.8) is 0 Å². The van der Waals surface area contributed by atoms with Gasteiger partial charge in [-0.3, -0.25) is 0 Å². The lowest BCUT2D eigenvalue weighted by atomic mass is 10.1. The molecule has 3 aromatic rings. The van der Waals surface area contributed by atoms with E-state index in [-0.39, 0.29) is 24.3 Å². The molecule has 0 aliphatic heterocycles. The molecule has 30 heavy (non-hydrogen) atoms. The van der Waals surface area contributed by atoms with Crippen molar-refractivity contribution in [2.75, 3.05) is 19.0 Å². The highest BCUT2D eigenvalue weighted by atomic mass is 16.5. The molecule has 0 aliphatic carbocycles. The molecular weight excluding hydrogens is 386 g/mol. The summed E-state index contributed by atoms with van der Waals surface area (Å²) in [7, 11) is 1.58. The molecule has 0 unspecified atom stereocenters. The van der Waals surface area contributed by atoms with Crippen molar-refractivity contribution in [1.82, 2.24) is 9.97 Å². The molecule has 3 rings (SSSR count). The molecule has 154 valence electrons. The van der Waals surface area contributed by atoms with Gasteiger partial charge in [0.05, 0.1) is 19.3 Å². The van der Waals surface area contributed by atoms with Crippen LogP contribution in [0.15, 0.2) is 54.7 Å². The molecule has 2 N–H and O–H groups in total. The van der Waals surface area contributed by atoms with Gasteiger partial charge in [-0.05, 0) is 48.9 Å². The maximum atomic E-state index is 12.3. The molecule has 0 bridgehead atoms. The second kappa shape index (κ2) is 9.51. The van der Waals surface area contributed by atoms with Crippen molar-refractivity contribution in [2.24, 2.45) is 0 Å². The number of carboxylic acid groups (broad SMARTS) is 1. The summed E-state index contributed by atoms with van der Waals surface area (Å²) in [5.74, 6) is -0.116. The van der Waals surface area contributed by atoms with E-state index in [1.807, 2.05) is 12.1 Å². The number of aromatic nitrogens is 2. The number of carboxylic acids is 1. The molecule has 0 fully saturated rings. The van der Waals surface area contributed by atoms with E-state index in [0.717, 1.165) is 11.1 Å². The second-order valence-electron chi connectivity index (χ2n) is 6.26. The summed E-state index contributed by atoms with van der Waals surface area (Å²) in [5.41, 5.74) is 1.86. The number of nitrogens with zero attached hydrogens (tertiary/aromatic N) is 2. The Morgan fingerprint density at radius 1 is 1.13 bits per heavy atom. The highest BCUT2D eigenvalue weighted by molar-refractivity contribution is 5.94. The number of anilines is 1. The molecule has 1 aromatic heterocycles. The Labute approximate surface area is 173 Å². The summed E-state index contributed by atoms with van der Waals surface area (Å²) in [5, 5.41) is 12.3. The summed E-state index contributed by atoms with van der Waals surface area (Å²) in [6, 6.07) is 13.7. The van der Waals surface area contributed by atoms with Crippen LogP contribution in [0.1, 0.15) is 33.2 Å². The fourth-order valence-corrected chi connectivity index (χ4v) is 2.75. The Morgan fingerprint density at radius 2 is 1.90 bits per heavy atom. The minimum absolute atomic E-state index is 0.182. The van der Waals surface area contributed by atoms with E-state index in [9.17, 15) is 9.59 Å². The molecule has 8 heteroatoms. The lowest BCUT2D eigenvalue weighted by Gasteiger charge is -2.12. The second-order valence-corrected chi connectivity index (χ2v) is 6.26. The molecule has 0 spiro atoms. The Kier molecular flexibility index (Phi) is 6.59. The molecule has 0 radical (unpaired) electrons. The molecule has 0 saturated heterocycles. The highest BCUT2D eigenvalue weighted by Crippen LogP contribution is 2.23. The fraction of sp³-hybridized carbons (Fsp3) is 0.182. The van der Waals surface area contributed by atoms with Crippen molar-refractivity contribution in [3.05, 3.63) is 71.4 Å². The van der Waals surface area contributed by atoms with Gasteiger partial charge in [-0.2, -0.15) is 0 Å². The Morgan fingerprint density at radius 3 is 2.57 bits per heavy atom. The smallest absolute Gasteiger partial charge is 0.343 e. The van der Waals surface area contributed by atoms with Crippen LogP contribution in [0.2, 0.25) is 0 Å². The van der Waals surface area contributed by atoms with Gasteiger partial charge in [-0.25, -0.2) is 19.6 Å². The Bertz CT molecular complexity index is 1050. The van der Waals surface area contributed by atoms with Crippen LogP contribution in [0.3, 0.4) is 0 Å². The van der Waals surface area contributed by atoms with Gasteiger partial charge >= 0.3 is 11.9 Å². The van der Waals surface area contributed by atoms with Crippen LogP contribution in [-0.4, -0.2) is 40.7 Å². The van der Waals surface area contributed by atoms with Crippen LogP contribution in [0.25, 0.3) is 11.4 Å². The molecule has 1 heterocycles. The van der Waals surface area contributed by atoms with E-state index in [1.165, 1.54) is 12.3 Å². The summed E-state index contributed by atoms with van der Waals surface area (Å²) in [4.78, 5) is 32.3. The third-order valence-corrected chi connectivity index (χ3v) is 4.27. The standard InChI is InChI=1S/C22H21N3O5/c1-3-30-22(28)18-13-24-19(15-7-9-17(29-2)10-8-15)25-20(18)23-12-14-5-4-6-16(11-14)21(26)27/h4-11,13H,3,12H2,1-2H3,(H,26,27)(H,23,24,25). The maximum absolute atomic E-state index is 12.3. The molecule has 8 nitrogen and oxygen atoms in total. The largest absolute Gasteiger partial charge is 0.497 e. The number of methoxy groups -OCH3 is 1. The lowest BCUT2D eigenvalue weighted by molar-refractivity contribution is 0.0526. The normalized spacial score (nSPS) is 10.3. The van der Waals surface area contributed by atoms with Crippen LogP contribution in [0.5, 0.6) is 5.75 Å². The molecule has 0 saturated carbocycles. The van der Waals surface area contributed by atoms with E-state index < -0.39 is 11.9 Å². The van der Waals surface area contributed by atoms with Crippen molar-refractivity contribution < 1.29 is 24.2 Å². The first kappa shape index (κ1) is 20.8. The minimum atomic E-state index is -1.01. The highest BCUT2D eigenvalue weighted by Gasteiger charge is 2.17. The Hall–Kier alpha value is -3.94. The van der Waals surface area contributed by atoms with E-state index in [4.69, 9.17) is 14.6 Å². The molecule has 0 amide bonds. The Balaban J connectivity index is 1.91. The number of nitrogens with one attached hydrogen (secondary N) is 1. The van der Waals surface area contributed by atoms with Crippen molar-refractivity contribution in [3.8, 4) is 17.1 Å². The van der Waals surface area contributed by atoms with Crippen LogP contribution in [0, 0.1) is 0 Å². The maximum Gasteiger partial charge on any atom is 0.343 e. The van der Waals surface area contributed by atoms with E-state index in [0.29, 0.717) is 17.4 Å². The lowest BCUT2D eigenvalue weighted by Crippen LogP contribution is -2.13. The zero-order valence-electron chi connectivity index (χ0n) is 16.6. The molecule has 0 aliphatic rings. The fourth-order valence-electron chi connectivity index (χ4n) is 2.75. The SMILES string of the molecule is CCOC(=O)c1cnc(-c2ccc(OC)cc2)nc1NCc1cccc(C(=O)O)c1. The van der Waals surface area contributed by atoms with Gasteiger partial charge in [-0.1, -0.05) is 12.1 Å². The number of ether oxygens (including phenoxy) is 2. The average Bonchev–Trinajstić information content (AvgIpc) is 2.78. The van der Waals surface area contributed by atoms with Crippen LogP contribution >= 0.6 is 0 Å². The van der Waals surface area contributed by atoms with Crippen molar-refractivity contribution in [1.29, 1.82) is 0 Å². The van der Waals surface area contributed by atoms with Gasteiger partial charge in [0, 0.05) is 18.3 Å². The molecule has 2 aromatic carbocycles. The summed E-state index contributed by atoms with van der Waals surface area (Å²) in [6.07, 6.45) is 1.42. The van der Waals surface area contributed by atoms with Crippen molar-refractivity contribution >= 4 is 17.8 Å². The number of carbonyl (C=O) groups is 2. The third-order valence-electron chi connectivity index (χ3n) is 4.27. The zero-order chi connectivity index (χ0) is 21.5. The quantitative estimate of drug-likeness (QED) is 0.545. The average molecular weight is 407 g/mol. The first-order valence-electron chi connectivity index (χ1n) is 9.26. The minimum Gasteiger partial charge on any atom is -0.497 e. The topological polar surface area (TPSA) is 111 Å². The number of aromatic carboxylic acids is 1. The number of rotatable bonds is 8. The molecular formula is C22H21N3O5. The molecule has 0 atom stereocenters. The van der Waals surface area contributed by atoms with Crippen LogP contribution in [0.4, 0.5) is 5.82 Å². The van der Waals surface area contributed by atoms with Crippen molar-refractivity contribution in [2.45, 2.75) is 13.5 Å². The number of carbonyl (C=O) groups excluding carboxylic acids is 1. The van der Waals surface area contributed by atoms with Gasteiger partial charge in [0.1, 0.15) is 17.1 Å². The monoisotopic (exact) mass is 407 g/mol. The van der Waals surface area contributed by atoms with Gasteiger partial charge in [0.15, 0.2) is 5.82 Å². The summed E-state index contributed by atoms with van der Waals surface area (Å²) in [6.45, 7) is 2.21. The van der Waals surface area contributed by atoms with Gasteiger partial charge in [0.2, 0.25) is 0 Å². The summed E-state index contributed by atoms with van der Waals surface area (Å²) < 4.78 is 10.3. The van der Waals surface area contributed by atoms with Crippen LogP contribution in [-0.2, 0) is 11.3 Å². The number of hydrogen-bond donors (Lipinski definition) is 2. The third kappa shape index (κ3) is 4.91. The first-order valence-corrected chi connectivity index (χ1v) is 9.26. The number of benzene rings is 2. The van der Waals surface area contributed by atoms with E-state index >= 15 is 0 Å². The van der Waals surface area contributed by atoms with Gasteiger partial charge < -0.3 is 19.9 Å². The number of esters is 1. The predicted molar refractivity (Wildman–Crippen MR) is 111 cm³/mol. The van der Waals surface area contributed by atoms with Gasteiger partial charge in [-0.15, -0.1) is 0 Å². The first-order chi connectivity index (χ1) is 14.5. The summed E-state index contributed by atoms with van der Waals surface area (Å²) >= 11 is 0. The van der Waals surface area contributed by atoms with E-state index in [1.54, 1.807) is 44.4 Å². The van der Waals surface area contributed by atoms with Gasteiger partial charge in [0.25, 0.3) is 0 Å². The predicted octanol–water partition coefficient (Wildman–Crippen LogP) is 3.64. The van der Waals surface area contributed by atoms with Crippen LogP contribution < -0.4 is 10.1 Å². The number of hydrogen-bond acceptors (Lipinski definition) is 7. The zero-order valence-corrected chi connectivity index (χ0v) is 16.6. The van der Waals surface area contributed by atoms with E-state index in [2.05, 4.69) is 15.3 Å².